The van der Waals surface area contributed by atoms with Crippen LogP contribution in [0.25, 0.3) is 0 Å². The van der Waals surface area contributed by atoms with Crippen LogP contribution in [-0.2, 0) is 11.2 Å². The SMILES string of the molecule is O=c1cc(N2CCOCC2)cc(N2CCCCCC2Cc2ccccn2)[nH]1. The first-order valence-electron chi connectivity index (χ1n) is 10.0. The van der Waals surface area contributed by atoms with Crippen LogP contribution in [0.2, 0.25) is 0 Å². The van der Waals surface area contributed by atoms with E-state index in [0.29, 0.717) is 19.3 Å². The van der Waals surface area contributed by atoms with Crippen LogP contribution in [0.3, 0.4) is 0 Å². The molecule has 0 amide bonds. The van der Waals surface area contributed by atoms with Crippen LogP contribution in [0.5, 0.6) is 0 Å². The van der Waals surface area contributed by atoms with E-state index in [4.69, 9.17) is 4.74 Å². The van der Waals surface area contributed by atoms with Gasteiger partial charge in [0.05, 0.1) is 13.2 Å². The molecule has 2 aromatic heterocycles. The van der Waals surface area contributed by atoms with Crippen molar-refractivity contribution in [3.63, 3.8) is 0 Å². The number of ether oxygens (including phenoxy) is 1. The zero-order valence-electron chi connectivity index (χ0n) is 15.8. The second-order valence-electron chi connectivity index (χ2n) is 7.41. The molecule has 0 bridgehead atoms. The van der Waals surface area contributed by atoms with Gasteiger partial charge in [0.2, 0.25) is 0 Å². The molecule has 4 heterocycles. The van der Waals surface area contributed by atoms with Gasteiger partial charge < -0.3 is 19.5 Å². The van der Waals surface area contributed by atoms with Crippen molar-refractivity contribution in [1.82, 2.24) is 9.97 Å². The van der Waals surface area contributed by atoms with E-state index in [9.17, 15) is 4.79 Å². The molecule has 0 radical (unpaired) electrons. The van der Waals surface area contributed by atoms with E-state index in [1.54, 1.807) is 6.07 Å². The highest BCUT2D eigenvalue weighted by Gasteiger charge is 2.24. The summed E-state index contributed by atoms with van der Waals surface area (Å²) in [5.74, 6) is 0.937. The number of pyridine rings is 2. The van der Waals surface area contributed by atoms with Gasteiger partial charge in [0.25, 0.3) is 5.56 Å². The third-order valence-corrected chi connectivity index (χ3v) is 5.55. The summed E-state index contributed by atoms with van der Waals surface area (Å²) in [6.45, 7) is 4.07. The van der Waals surface area contributed by atoms with Crippen LogP contribution >= 0.6 is 0 Å². The molecule has 1 atom stereocenters. The maximum Gasteiger partial charge on any atom is 0.251 e. The van der Waals surface area contributed by atoms with Crippen LogP contribution in [0, 0.1) is 0 Å². The number of aromatic amines is 1. The van der Waals surface area contributed by atoms with Crippen molar-refractivity contribution < 1.29 is 4.74 Å². The Hall–Kier alpha value is -2.34. The number of H-pyrrole nitrogens is 1. The standard InChI is InChI=1S/C21H28N4O2/c26-21-16-19(24-10-12-27-13-11-24)15-20(23-21)25-9-5-1-2-7-18(25)14-17-6-3-4-8-22-17/h3-4,6,8,15-16,18H,1-2,5,7,9-14H2,(H,23,26). The number of aromatic nitrogens is 2. The minimum Gasteiger partial charge on any atom is -0.378 e. The second kappa shape index (κ2) is 8.57. The Labute approximate surface area is 160 Å². The average Bonchev–Trinajstić information content (AvgIpc) is 2.94. The van der Waals surface area contributed by atoms with Crippen molar-refractivity contribution in [3.05, 3.63) is 52.6 Å². The summed E-state index contributed by atoms with van der Waals surface area (Å²) in [5.41, 5.74) is 2.08. The predicted octanol–water partition coefficient (Wildman–Crippen LogP) is 2.60. The molecule has 2 aromatic rings. The second-order valence-corrected chi connectivity index (χ2v) is 7.41. The quantitative estimate of drug-likeness (QED) is 0.899. The Morgan fingerprint density at radius 2 is 2.00 bits per heavy atom. The van der Waals surface area contributed by atoms with Gasteiger partial charge in [-0.3, -0.25) is 9.78 Å². The molecule has 0 spiro atoms. The van der Waals surface area contributed by atoms with Crippen LogP contribution in [0.4, 0.5) is 11.5 Å². The minimum atomic E-state index is -0.0326. The summed E-state index contributed by atoms with van der Waals surface area (Å²) in [7, 11) is 0. The van der Waals surface area contributed by atoms with E-state index in [-0.39, 0.29) is 5.56 Å². The Balaban J connectivity index is 1.61. The van der Waals surface area contributed by atoms with E-state index in [0.717, 1.165) is 56.1 Å². The molecule has 2 saturated heterocycles. The maximum absolute atomic E-state index is 12.4. The lowest BCUT2D eigenvalue weighted by atomic mass is 10.0. The van der Waals surface area contributed by atoms with Crippen molar-refractivity contribution in [1.29, 1.82) is 0 Å². The first-order chi connectivity index (χ1) is 13.3. The first kappa shape index (κ1) is 18.0. The van der Waals surface area contributed by atoms with Crippen LogP contribution in [0.15, 0.2) is 41.3 Å². The summed E-state index contributed by atoms with van der Waals surface area (Å²) in [6, 6.07) is 10.3. The summed E-state index contributed by atoms with van der Waals surface area (Å²) in [6.07, 6.45) is 7.51. The molecule has 2 aliphatic rings. The molecule has 2 aliphatic heterocycles. The third-order valence-electron chi connectivity index (χ3n) is 5.55. The smallest absolute Gasteiger partial charge is 0.251 e. The lowest BCUT2D eigenvalue weighted by Gasteiger charge is -2.33. The van der Waals surface area contributed by atoms with Crippen molar-refractivity contribution in [2.24, 2.45) is 0 Å². The zero-order valence-corrected chi connectivity index (χ0v) is 15.8. The molecule has 1 N–H and O–H groups in total. The molecule has 0 saturated carbocycles. The largest absolute Gasteiger partial charge is 0.378 e. The Kier molecular flexibility index (Phi) is 5.72. The Morgan fingerprint density at radius 1 is 1.11 bits per heavy atom. The lowest BCUT2D eigenvalue weighted by Crippen LogP contribution is -2.39. The third kappa shape index (κ3) is 4.50. The summed E-state index contributed by atoms with van der Waals surface area (Å²) in [5, 5.41) is 0. The molecule has 6 nitrogen and oxygen atoms in total. The van der Waals surface area contributed by atoms with Gasteiger partial charge in [-0.2, -0.15) is 0 Å². The molecule has 27 heavy (non-hydrogen) atoms. The van der Waals surface area contributed by atoms with Gasteiger partial charge in [0, 0.05) is 61.8 Å². The molecular weight excluding hydrogens is 340 g/mol. The van der Waals surface area contributed by atoms with Crippen molar-refractivity contribution in [2.75, 3.05) is 42.6 Å². The van der Waals surface area contributed by atoms with Crippen LogP contribution in [0.1, 0.15) is 31.4 Å². The van der Waals surface area contributed by atoms with Gasteiger partial charge in [-0.1, -0.05) is 18.9 Å². The molecule has 2 fully saturated rings. The first-order valence-corrected chi connectivity index (χ1v) is 10.0. The number of anilines is 2. The van der Waals surface area contributed by atoms with Crippen molar-refractivity contribution in [3.8, 4) is 0 Å². The number of rotatable bonds is 4. The topological polar surface area (TPSA) is 61.5 Å². The number of hydrogen-bond donors (Lipinski definition) is 1. The number of nitrogens with one attached hydrogen (secondary N) is 1. The highest BCUT2D eigenvalue weighted by molar-refractivity contribution is 5.56. The highest BCUT2D eigenvalue weighted by Crippen LogP contribution is 2.27. The molecule has 1 unspecified atom stereocenters. The fourth-order valence-corrected chi connectivity index (χ4v) is 4.14. The molecule has 4 rings (SSSR count). The fraction of sp³-hybridized carbons (Fsp3) is 0.524. The van der Waals surface area contributed by atoms with Crippen molar-refractivity contribution >= 4 is 11.5 Å². The van der Waals surface area contributed by atoms with E-state index in [2.05, 4.69) is 31.9 Å². The van der Waals surface area contributed by atoms with Crippen LogP contribution in [-0.4, -0.2) is 48.9 Å². The highest BCUT2D eigenvalue weighted by atomic mass is 16.5. The fourth-order valence-electron chi connectivity index (χ4n) is 4.14. The number of hydrogen-bond acceptors (Lipinski definition) is 5. The number of nitrogens with zero attached hydrogens (tertiary/aromatic N) is 3. The van der Waals surface area contributed by atoms with Crippen molar-refractivity contribution in [2.45, 2.75) is 38.1 Å². The normalized spacial score (nSPS) is 21.1. The van der Waals surface area contributed by atoms with Gasteiger partial charge in [-0.15, -0.1) is 0 Å². The summed E-state index contributed by atoms with van der Waals surface area (Å²) in [4.78, 5) is 24.6. The van der Waals surface area contributed by atoms with Gasteiger partial charge in [0.15, 0.2) is 0 Å². The summed E-state index contributed by atoms with van der Waals surface area (Å²) < 4.78 is 5.45. The van der Waals surface area contributed by atoms with Gasteiger partial charge >= 0.3 is 0 Å². The van der Waals surface area contributed by atoms with Gasteiger partial charge in [-0.05, 0) is 25.0 Å². The monoisotopic (exact) mass is 368 g/mol. The summed E-state index contributed by atoms with van der Waals surface area (Å²) >= 11 is 0. The van der Waals surface area contributed by atoms with E-state index < -0.39 is 0 Å². The Morgan fingerprint density at radius 3 is 2.81 bits per heavy atom. The predicted molar refractivity (Wildman–Crippen MR) is 108 cm³/mol. The van der Waals surface area contributed by atoms with E-state index in [1.807, 2.05) is 18.3 Å². The molecule has 0 aromatic carbocycles. The van der Waals surface area contributed by atoms with Gasteiger partial charge in [0.1, 0.15) is 5.82 Å². The minimum absolute atomic E-state index is 0.0326. The Bertz CT molecular complexity index is 786. The van der Waals surface area contributed by atoms with Gasteiger partial charge in [-0.25, -0.2) is 0 Å². The molecule has 6 heteroatoms. The molecule has 144 valence electrons. The van der Waals surface area contributed by atoms with E-state index >= 15 is 0 Å². The number of morpholine rings is 1. The molecule has 0 aliphatic carbocycles. The van der Waals surface area contributed by atoms with Crippen LogP contribution < -0.4 is 15.4 Å². The average molecular weight is 368 g/mol. The molecular formula is C21H28N4O2. The lowest BCUT2D eigenvalue weighted by molar-refractivity contribution is 0.122. The zero-order chi connectivity index (χ0) is 18.5. The van der Waals surface area contributed by atoms with E-state index in [1.165, 1.54) is 12.8 Å². The maximum atomic E-state index is 12.4.